The van der Waals surface area contributed by atoms with Gasteiger partial charge in [0, 0.05) is 19.3 Å². The summed E-state index contributed by atoms with van der Waals surface area (Å²) < 4.78 is 16.8. The molecule has 0 amide bonds. The molecule has 0 N–H and O–H groups in total. The molecule has 1 unspecified atom stereocenters. The maximum absolute atomic E-state index is 12.8. The highest BCUT2D eigenvalue weighted by Crippen LogP contribution is 2.18. The summed E-state index contributed by atoms with van der Waals surface area (Å²) in [6.45, 7) is 11.4. The molecule has 0 radical (unpaired) electrons. The van der Waals surface area contributed by atoms with Gasteiger partial charge in [-0.25, -0.2) is 0 Å². The molecule has 0 fully saturated rings. The van der Waals surface area contributed by atoms with E-state index in [1.54, 1.807) is 0 Å². The number of carbonyl (C=O) groups is 3. The van der Waals surface area contributed by atoms with E-state index >= 15 is 0 Å². The minimum absolute atomic E-state index is 0.0635. The molecule has 0 saturated carbocycles. The lowest BCUT2D eigenvalue weighted by Gasteiger charge is -2.18. The topological polar surface area (TPSA) is 78.9 Å². The molecular formula is C54H104O6. The summed E-state index contributed by atoms with van der Waals surface area (Å²) in [5.41, 5.74) is 0. The Bertz CT molecular complexity index is 918. The van der Waals surface area contributed by atoms with Crippen molar-refractivity contribution >= 4 is 17.9 Å². The van der Waals surface area contributed by atoms with Crippen LogP contribution in [0, 0.1) is 11.8 Å². The molecule has 0 aromatic carbocycles. The summed E-state index contributed by atoms with van der Waals surface area (Å²) in [5.74, 6) is 0.869. The van der Waals surface area contributed by atoms with Crippen LogP contribution in [0.5, 0.6) is 0 Å². The minimum Gasteiger partial charge on any atom is -0.462 e. The molecule has 0 aliphatic rings. The van der Waals surface area contributed by atoms with Crippen LogP contribution in [0.1, 0.15) is 298 Å². The first kappa shape index (κ1) is 58.4. The van der Waals surface area contributed by atoms with E-state index in [1.807, 2.05) is 0 Å². The molecule has 0 heterocycles. The average molecular weight is 849 g/mol. The molecule has 0 aromatic heterocycles. The number of unbranched alkanes of at least 4 members (excludes halogenated alkanes) is 32. The Kier molecular flexibility index (Phi) is 45.7. The summed E-state index contributed by atoms with van der Waals surface area (Å²) in [7, 11) is 0. The van der Waals surface area contributed by atoms with Gasteiger partial charge in [0.05, 0.1) is 0 Å². The lowest BCUT2D eigenvalue weighted by Crippen LogP contribution is -2.30. The van der Waals surface area contributed by atoms with Gasteiger partial charge in [0.15, 0.2) is 6.10 Å². The van der Waals surface area contributed by atoms with Gasteiger partial charge in [0.2, 0.25) is 0 Å². The minimum atomic E-state index is -0.761. The lowest BCUT2D eigenvalue weighted by atomic mass is 9.99. The zero-order valence-electron chi connectivity index (χ0n) is 41.1. The Morgan fingerprint density at radius 2 is 0.633 bits per heavy atom. The fourth-order valence-electron chi connectivity index (χ4n) is 8.13. The van der Waals surface area contributed by atoms with E-state index in [4.69, 9.17) is 14.2 Å². The third kappa shape index (κ3) is 45.9. The Morgan fingerprint density at radius 3 is 0.950 bits per heavy atom. The molecule has 6 nitrogen and oxygen atoms in total. The summed E-state index contributed by atoms with van der Waals surface area (Å²) in [6, 6.07) is 0. The van der Waals surface area contributed by atoms with Crippen LogP contribution in [-0.2, 0) is 28.6 Å². The van der Waals surface area contributed by atoms with Crippen LogP contribution in [0.25, 0.3) is 0 Å². The van der Waals surface area contributed by atoms with E-state index in [9.17, 15) is 14.4 Å². The van der Waals surface area contributed by atoms with E-state index in [-0.39, 0.29) is 31.1 Å². The van der Waals surface area contributed by atoms with Crippen molar-refractivity contribution in [2.75, 3.05) is 13.2 Å². The van der Waals surface area contributed by atoms with Gasteiger partial charge in [-0.05, 0) is 31.1 Å². The molecular weight excluding hydrogens is 745 g/mol. The standard InChI is InChI=1S/C54H104O6/c1-6-8-9-10-11-12-24-29-34-39-44-52(55)58-47-51(60-54(57)46-41-36-31-26-21-20-23-28-33-38-43-50(5)7-2)48-59-53(56)45-40-35-30-25-19-17-15-13-14-16-18-22-27-32-37-42-49(3)4/h49-51H,6-48H2,1-5H3/t50?,51-/m1/s1. The van der Waals surface area contributed by atoms with Gasteiger partial charge in [-0.3, -0.25) is 14.4 Å². The molecule has 356 valence electrons. The molecule has 0 bridgehead atoms. The van der Waals surface area contributed by atoms with Crippen LogP contribution >= 0.6 is 0 Å². The van der Waals surface area contributed by atoms with Crippen molar-refractivity contribution in [3.8, 4) is 0 Å². The number of hydrogen-bond acceptors (Lipinski definition) is 6. The van der Waals surface area contributed by atoms with Gasteiger partial charge in [-0.15, -0.1) is 0 Å². The van der Waals surface area contributed by atoms with Gasteiger partial charge in [-0.1, -0.05) is 259 Å². The number of hydrogen-bond donors (Lipinski definition) is 0. The number of carbonyl (C=O) groups excluding carboxylic acids is 3. The first-order valence-corrected chi connectivity index (χ1v) is 26.8. The van der Waals surface area contributed by atoms with Crippen molar-refractivity contribution in [2.24, 2.45) is 11.8 Å². The van der Waals surface area contributed by atoms with Crippen molar-refractivity contribution in [3.63, 3.8) is 0 Å². The second-order valence-electron chi connectivity index (χ2n) is 19.2. The fourth-order valence-corrected chi connectivity index (χ4v) is 8.13. The van der Waals surface area contributed by atoms with Crippen LogP contribution < -0.4 is 0 Å². The van der Waals surface area contributed by atoms with E-state index in [1.165, 1.54) is 186 Å². The summed E-state index contributed by atoms with van der Waals surface area (Å²) in [4.78, 5) is 37.9. The van der Waals surface area contributed by atoms with E-state index in [0.29, 0.717) is 19.3 Å². The van der Waals surface area contributed by atoms with Crippen LogP contribution in [0.3, 0.4) is 0 Å². The third-order valence-electron chi connectivity index (χ3n) is 12.6. The quantitative estimate of drug-likeness (QED) is 0.0345. The predicted molar refractivity (Wildman–Crippen MR) is 256 cm³/mol. The van der Waals surface area contributed by atoms with Crippen molar-refractivity contribution in [1.82, 2.24) is 0 Å². The first-order chi connectivity index (χ1) is 29.3. The van der Waals surface area contributed by atoms with Gasteiger partial charge >= 0.3 is 17.9 Å². The van der Waals surface area contributed by atoms with Crippen molar-refractivity contribution in [1.29, 1.82) is 0 Å². The fraction of sp³-hybridized carbons (Fsp3) is 0.944. The Hall–Kier alpha value is -1.59. The predicted octanol–water partition coefficient (Wildman–Crippen LogP) is 17.3. The monoisotopic (exact) mass is 849 g/mol. The van der Waals surface area contributed by atoms with Crippen LogP contribution in [0.2, 0.25) is 0 Å². The third-order valence-corrected chi connectivity index (χ3v) is 12.6. The van der Waals surface area contributed by atoms with Crippen molar-refractivity contribution in [2.45, 2.75) is 304 Å². The maximum Gasteiger partial charge on any atom is 0.306 e. The van der Waals surface area contributed by atoms with E-state index < -0.39 is 6.10 Å². The Balaban J connectivity index is 4.26. The second kappa shape index (κ2) is 46.9. The molecule has 0 aliphatic heterocycles. The molecule has 0 aliphatic carbocycles. The smallest absolute Gasteiger partial charge is 0.306 e. The Labute approximate surface area is 374 Å². The highest BCUT2D eigenvalue weighted by Gasteiger charge is 2.19. The maximum atomic E-state index is 12.8. The first-order valence-electron chi connectivity index (χ1n) is 26.8. The summed E-state index contributed by atoms with van der Waals surface area (Å²) in [6.07, 6.45) is 48.0. The molecule has 2 atom stereocenters. The van der Waals surface area contributed by atoms with Crippen LogP contribution in [-0.4, -0.2) is 37.2 Å². The molecule has 6 heteroatoms. The van der Waals surface area contributed by atoms with Crippen molar-refractivity contribution in [3.05, 3.63) is 0 Å². The number of rotatable bonds is 48. The number of esters is 3. The van der Waals surface area contributed by atoms with Gasteiger partial charge in [0.1, 0.15) is 13.2 Å². The Morgan fingerprint density at radius 1 is 0.350 bits per heavy atom. The van der Waals surface area contributed by atoms with E-state index in [0.717, 1.165) is 69.6 Å². The van der Waals surface area contributed by atoms with Crippen LogP contribution in [0.4, 0.5) is 0 Å². The molecule has 60 heavy (non-hydrogen) atoms. The second-order valence-corrected chi connectivity index (χ2v) is 19.2. The summed E-state index contributed by atoms with van der Waals surface area (Å²) in [5, 5.41) is 0. The molecule has 0 saturated heterocycles. The highest BCUT2D eigenvalue weighted by molar-refractivity contribution is 5.71. The summed E-state index contributed by atoms with van der Waals surface area (Å²) >= 11 is 0. The largest absolute Gasteiger partial charge is 0.462 e. The lowest BCUT2D eigenvalue weighted by molar-refractivity contribution is -0.167. The normalized spacial score (nSPS) is 12.5. The zero-order chi connectivity index (χ0) is 44.0. The van der Waals surface area contributed by atoms with E-state index in [2.05, 4.69) is 34.6 Å². The van der Waals surface area contributed by atoms with Gasteiger partial charge in [-0.2, -0.15) is 0 Å². The average Bonchev–Trinajstić information content (AvgIpc) is 3.23. The SMILES string of the molecule is CCCCCCCCCCCCC(=O)OC[C@H](COC(=O)CCCCCCCCCCCCCCCCCC(C)C)OC(=O)CCCCCCCCCCCCC(C)CC. The molecule has 0 aromatic rings. The molecule has 0 spiro atoms. The molecule has 0 rings (SSSR count). The van der Waals surface area contributed by atoms with Crippen LogP contribution in [0.15, 0.2) is 0 Å². The van der Waals surface area contributed by atoms with Gasteiger partial charge < -0.3 is 14.2 Å². The van der Waals surface area contributed by atoms with Gasteiger partial charge in [0.25, 0.3) is 0 Å². The number of ether oxygens (including phenoxy) is 3. The zero-order valence-corrected chi connectivity index (χ0v) is 41.1. The van der Waals surface area contributed by atoms with Crippen molar-refractivity contribution < 1.29 is 28.6 Å². The highest BCUT2D eigenvalue weighted by atomic mass is 16.6.